The van der Waals surface area contributed by atoms with Gasteiger partial charge in [-0.3, -0.25) is 4.79 Å². The molecular weight excluding hydrogens is 282 g/mol. The third kappa shape index (κ3) is 3.23. The third-order valence-corrected chi connectivity index (χ3v) is 3.64. The Morgan fingerprint density at radius 3 is 2.82 bits per heavy atom. The fourth-order valence-electron chi connectivity index (χ4n) is 2.50. The Morgan fingerprint density at radius 2 is 2.09 bits per heavy atom. The maximum Gasteiger partial charge on any atom is 0.256 e. The van der Waals surface area contributed by atoms with Gasteiger partial charge in [0.2, 0.25) is 5.88 Å². The molecule has 0 aliphatic carbocycles. The first-order valence-electron chi connectivity index (χ1n) is 7.20. The van der Waals surface area contributed by atoms with Crippen LogP contribution >= 0.6 is 0 Å². The van der Waals surface area contributed by atoms with E-state index in [9.17, 15) is 9.90 Å². The van der Waals surface area contributed by atoms with Gasteiger partial charge in [-0.25, -0.2) is 0 Å². The minimum absolute atomic E-state index is 0.122. The van der Waals surface area contributed by atoms with Crippen LogP contribution in [-0.2, 0) is 4.79 Å². The molecule has 1 aliphatic heterocycles. The van der Waals surface area contributed by atoms with Crippen molar-refractivity contribution in [2.24, 2.45) is 0 Å². The number of aromatic nitrogens is 2. The predicted octanol–water partition coefficient (Wildman–Crippen LogP) is 1.19. The van der Waals surface area contributed by atoms with Crippen molar-refractivity contribution in [3.63, 3.8) is 0 Å². The van der Waals surface area contributed by atoms with Crippen LogP contribution in [0, 0.1) is 0 Å². The highest BCUT2D eigenvalue weighted by molar-refractivity contribution is 5.82. The van der Waals surface area contributed by atoms with Crippen LogP contribution in [0.2, 0.25) is 0 Å². The van der Waals surface area contributed by atoms with E-state index >= 15 is 0 Å². The van der Waals surface area contributed by atoms with E-state index in [0.29, 0.717) is 31.0 Å². The van der Waals surface area contributed by atoms with Gasteiger partial charge in [0.1, 0.15) is 6.10 Å². The van der Waals surface area contributed by atoms with Crippen LogP contribution in [0.5, 0.6) is 5.88 Å². The number of rotatable bonds is 4. The molecule has 2 atom stereocenters. The van der Waals surface area contributed by atoms with Gasteiger partial charge in [0.15, 0.2) is 6.10 Å². The van der Waals surface area contributed by atoms with Crippen molar-refractivity contribution in [1.29, 1.82) is 0 Å². The summed E-state index contributed by atoms with van der Waals surface area (Å²) in [6.45, 7) is 1.01. The van der Waals surface area contributed by atoms with Crippen molar-refractivity contribution in [2.45, 2.75) is 18.6 Å². The Hall–Kier alpha value is -2.47. The van der Waals surface area contributed by atoms with Gasteiger partial charge in [0.05, 0.1) is 6.54 Å². The summed E-state index contributed by atoms with van der Waals surface area (Å²) < 4.78 is 5.69. The molecule has 1 N–H and O–H groups in total. The number of nitrogens with zero attached hydrogens (tertiary/aromatic N) is 3. The Balaban J connectivity index is 1.59. The van der Waals surface area contributed by atoms with Crippen LogP contribution in [0.25, 0.3) is 0 Å². The number of aliphatic hydroxyl groups excluding tert-OH is 1. The average Bonchev–Trinajstić information content (AvgIpc) is 3.04. The van der Waals surface area contributed by atoms with Gasteiger partial charge in [-0.15, -0.1) is 5.10 Å². The fraction of sp³-hybridized carbons (Fsp3) is 0.312. The predicted molar refractivity (Wildman–Crippen MR) is 79.0 cm³/mol. The second-order valence-corrected chi connectivity index (χ2v) is 5.19. The van der Waals surface area contributed by atoms with E-state index in [2.05, 4.69) is 10.2 Å². The SMILES string of the molecule is O=C([C@@H](O)c1ccccc1)N1CC[C@H](Oc2cccnn2)C1. The molecule has 22 heavy (non-hydrogen) atoms. The van der Waals surface area contributed by atoms with Crippen molar-refractivity contribution in [3.8, 4) is 5.88 Å². The standard InChI is InChI=1S/C16H17N3O3/c20-15(12-5-2-1-3-6-12)16(21)19-10-8-13(11-19)22-14-7-4-9-17-18-14/h1-7,9,13,15,20H,8,10-11H2/t13-,15-/m0/s1. The number of hydrogen-bond donors (Lipinski definition) is 1. The molecule has 114 valence electrons. The zero-order chi connectivity index (χ0) is 15.4. The summed E-state index contributed by atoms with van der Waals surface area (Å²) in [5.41, 5.74) is 0.603. The number of ether oxygens (including phenoxy) is 1. The lowest BCUT2D eigenvalue weighted by molar-refractivity contribution is -0.139. The Morgan fingerprint density at radius 1 is 1.27 bits per heavy atom. The number of hydrogen-bond acceptors (Lipinski definition) is 5. The second kappa shape index (κ2) is 6.53. The summed E-state index contributed by atoms with van der Waals surface area (Å²) in [6, 6.07) is 12.4. The largest absolute Gasteiger partial charge is 0.471 e. The van der Waals surface area contributed by atoms with E-state index in [1.165, 1.54) is 0 Å². The molecule has 0 saturated carbocycles. The molecule has 1 saturated heterocycles. The van der Waals surface area contributed by atoms with Gasteiger partial charge in [0, 0.05) is 25.2 Å². The molecule has 1 aliphatic rings. The lowest BCUT2D eigenvalue weighted by Gasteiger charge is -2.20. The van der Waals surface area contributed by atoms with Crippen LogP contribution in [0.15, 0.2) is 48.7 Å². The monoisotopic (exact) mass is 299 g/mol. The van der Waals surface area contributed by atoms with Gasteiger partial charge in [-0.2, -0.15) is 5.10 Å². The van der Waals surface area contributed by atoms with Crippen LogP contribution in [0.4, 0.5) is 0 Å². The molecule has 0 radical (unpaired) electrons. The summed E-state index contributed by atoms with van der Waals surface area (Å²) in [5, 5.41) is 17.8. The van der Waals surface area contributed by atoms with E-state index in [1.54, 1.807) is 47.5 Å². The van der Waals surface area contributed by atoms with Crippen molar-refractivity contribution in [3.05, 3.63) is 54.2 Å². The molecule has 0 unspecified atom stereocenters. The molecule has 6 heteroatoms. The molecule has 2 aromatic rings. The third-order valence-electron chi connectivity index (χ3n) is 3.64. The summed E-state index contributed by atoms with van der Waals surface area (Å²) in [6.07, 6.45) is 1.04. The zero-order valence-electron chi connectivity index (χ0n) is 12.0. The Labute approximate surface area is 128 Å². The van der Waals surface area contributed by atoms with E-state index in [0.717, 1.165) is 0 Å². The van der Waals surface area contributed by atoms with Crippen molar-refractivity contribution in [2.75, 3.05) is 13.1 Å². The van der Waals surface area contributed by atoms with Gasteiger partial charge in [-0.1, -0.05) is 30.3 Å². The minimum Gasteiger partial charge on any atom is -0.471 e. The average molecular weight is 299 g/mol. The number of aliphatic hydroxyl groups is 1. The molecule has 3 rings (SSSR count). The normalized spacial score (nSPS) is 19.0. The van der Waals surface area contributed by atoms with Gasteiger partial charge in [-0.05, 0) is 11.6 Å². The maximum atomic E-state index is 12.3. The maximum absolute atomic E-state index is 12.3. The van der Waals surface area contributed by atoms with Gasteiger partial charge >= 0.3 is 0 Å². The first-order chi connectivity index (χ1) is 10.7. The number of carbonyl (C=O) groups is 1. The second-order valence-electron chi connectivity index (χ2n) is 5.19. The number of carbonyl (C=O) groups excluding carboxylic acids is 1. The highest BCUT2D eigenvalue weighted by Crippen LogP contribution is 2.21. The summed E-state index contributed by atoms with van der Waals surface area (Å²) in [4.78, 5) is 14.0. The zero-order valence-corrected chi connectivity index (χ0v) is 12.0. The smallest absolute Gasteiger partial charge is 0.256 e. The quantitative estimate of drug-likeness (QED) is 0.918. The molecule has 1 aromatic carbocycles. The Kier molecular flexibility index (Phi) is 4.29. The van der Waals surface area contributed by atoms with E-state index in [1.807, 2.05) is 6.07 Å². The van der Waals surface area contributed by atoms with E-state index in [4.69, 9.17) is 4.74 Å². The molecule has 1 aromatic heterocycles. The van der Waals surface area contributed by atoms with Crippen molar-refractivity contribution in [1.82, 2.24) is 15.1 Å². The van der Waals surface area contributed by atoms with Crippen LogP contribution in [0.1, 0.15) is 18.1 Å². The van der Waals surface area contributed by atoms with Gasteiger partial charge in [0.25, 0.3) is 5.91 Å². The molecule has 2 heterocycles. The van der Waals surface area contributed by atoms with Gasteiger partial charge < -0.3 is 14.7 Å². The molecule has 0 spiro atoms. The fourth-order valence-corrected chi connectivity index (χ4v) is 2.50. The summed E-state index contributed by atoms with van der Waals surface area (Å²) in [7, 11) is 0. The Bertz CT molecular complexity index is 621. The highest BCUT2D eigenvalue weighted by Gasteiger charge is 2.31. The number of benzene rings is 1. The molecule has 6 nitrogen and oxygen atoms in total. The lowest BCUT2D eigenvalue weighted by atomic mass is 10.1. The minimum atomic E-state index is -1.13. The molecular formula is C16H17N3O3. The number of amides is 1. The summed E-state index contributed by atoms with van der Waals surface area (Å²) >= 11 is 0. The lowest BCUT2D eigenvalue weighted by Crippen LogP contribution is -2.34. The first-order valence-corrected chi connectivity index (χ1v) is 7.20. The molecule has 1 amide bonds. The highest BCUT2D eigenvalue weighted by atomic mass is 16.5. The molecule has 0 bridgehead atoms. The van der Waals surface area contributed by atoms with Crippen molar-refractivity contribution >= 4 is 5.91 Å². The molecule has 1 fully saturated rings. The van der Waals surface area contributed by atoms with Crippen LogP contribution in [-0.4, -0.2) is 45.3 Å². The van der Waals surface area contributed by atoms with Crippen LogP contribution in [0.3, 0.4) is 0 Å². The number of likely N-dealkylation sites (tertiary alicyclic amines) is 1. The van der Waals surface area contributed by atoms with Crippen molar-refractivity contribution < 1.29 is 14.6 Å². The topological polar surface area (TPSA) is 75.5 Å². The first kappa shape index (κ1) is 14.5. The van der Waals surface area contributed by atoms with E-state index < -0.39 is 6.10 Å². The van der Waals surface area contributed by atoms with E-state index in [-0.39, 0.29) is 12.0 Å². The summed E-state index contributed by atoms with van der Waals surface area (Å²) in [5.74, 6) is 0.154. The van der Waals surface area contributed by atoms with Crippen LogP contribution < -0.4 is 4.74 Å².